The zero-order valence-corrected chi connectivity index (χ0v) is 9.74. The molecule has 0 aliphatic heterocycles. The van der Waals surface area contributed by atoms with Gasteiger partial charge in [0, 0.05) is 13.0 Å². The Morgan fingerprint density at radius 3 is 3.00 bits per heavy atom. The summed E-state index contributed by atoms with van der Waals surface area (Å²) in [5, 5.41) is 6.83. The SMILES string of the molecule is CNCCc1nc(-c2ccc(Br)o2)no1. The molecule has 2 aromatic heterocycles. The van der Waals surface area contributed by atoms with E-state index in [1.54, 1.807) is 12.1 Å². The molecule has 0 aliphatic rings. The van der Waals surface area contributed by atoms with Gasteiger partial charge in [-0.05, 0) is 35.1 Å². The van der Waals surface area contributed by atoms with E-state index in [0.717, 1.165) is 6.54 Å². The summed E-state index contributed by atoms with van der Waals surface area (Å²) in [5.41, 5.74) is 0. The third kappa shape index (κ3) is 2.45. The first kappa shape index (κ1) is 10.4. The molecule has 15 heavy (non-hydrogen) atoms. The van der Waals surface area contributed by atoms with Crippen LogP contribution in [-0.2, 0) is 6.42 Å². The normalized spacial score (nSPS) is 10.8. The van der Waals surface area contributed by atoms with Gasteiger partial charge in [-0.1, -0.05) is 5.16 Å². The van der Waals surface area contributed by atoms with E-state index in [0.29, 0.717) is 28.6 Å². The van der Waals surface area contributed by atoms with Gasteiger partial charge in [-0.15, -0.1) is 0 Å². The molecule has 0 saturated heterocycles. The van der Waals surface area contributed by atoms with E-state index in [1.165, 1.54) is 0 Å². The van der Waals surface area contributed by atoms with Gasteiger partial charge in [0.25, 0.3) is 0 Å². The first-order chi connectivity index (χ1) is 7.29. The molecule has 2 rings (SSSR count). The minimum absolute atomic E-state index is 0.479. The average molecular weight is 272 g/mol. The van der Waals surface area contributed by atoms with Crippen molar-refractivity contribution in [3.8, 4) is 11.6 Å². The number of halogens is 1. The number of nitrogens with one attached hydrogen (secondary N) is 1. The van der Waals surface area contributed by atoms with Crippen LogP contribution in [0.25, 0.3) is 11.6 Å². The highest BCUT2D eigenvalue weighted by Crippen LogP contribution is 2.22. The number of nitrogens with zero attached hydrogens (tertiary/aromatic N) is 2. The first-order valence-corrected chi connectivity index (χ1v) is 5.32. The topological polar surface area (TPSA) is 64.1 Å². The second-order valence-corrected chi connectivity index (χ2v) is 3.75. The third-order valence-corrected chi connectivity index (χ3v) is 2.28. The molecule has 0 saturated carbocycles. The monoisotopic (exact) mass is 271 g/mol. The van der Waals surface area contributed by atoms with Crippen molar-refractivity contribution in [3.63, 3.8) is 0 Å². The molecular formula is C9H10BrN3O2. The van der Waals surface area contributed by atoms with E-state index in [2.05, 4.69) is 31.4 Å². The van der Waals surface area contributed by atoms with Crippen molar-refractivity contribution in [2.24, 2.45) is 0 Å². The predicted octanol–water partition coefficient (Wildman–Crippen LogP) is 1.85. The van der Waals surface area contributed by atoms with Crippen LogP contribution < -0.4 is 5.32 Å². The number of furan rings is 1. The largest absolute Gasteiger partial charge is 0.446 e. The Hall–Kier alpha value is -1.14. The van der Waals surface area contributed by atoms with E-state index >= 15 is 0 Å². The number of hydrogen-bond donors (Lipinski definition) is 1. The van der Waals surface area contributed by atoms with Crippen LogP contribution in [0.2, 0.25) is 0 Å². The lowest BCUT2D eigenvalue weighted by molar-refractivity contribution is 0.376. The van der Waals surface area contributed by atoms with Crippen LogP contribution in [0.4, 0.5) is 0 Å². The Morgan fingerprint density at radius 1 is 1.47 bits per heavy atom. The van der Waals surface area contributed by atoms with Gasteiger partial charge in [-0.25, -0.2) is 0 Å². The van der Waals surface area contributed by atoms with Crippen LogP contribution in [0, 0.1) is 0 Å². The summed E-state index contributed by atoms with van der Waals surface area (Å²) >= 11 is 3.22. The van der Waals surface area contributed by atoms with E-state index in [1.807, 2.05) is 7.05 Å². The van der Waals surface area contributed by atoms with E-state index < -0.39 is 0 Å². The van der Waals surface area contributed by atoms with Crippen molar-refractivity contribution in [1.29, 1.82) is 0 Å². The van der Waals surface area contributed by atoms with Gasteiger partial charge in [-0.3, -0.25) is 0 Å². The highest BCUT2D eigenvalue weighted by molar-refractivity contribution is 9.10. The number of rotatable bonds is 4. The zero-order chi connectivity index (χ0) is 10.7. The molecule has 0 amide bonds. The van der Waals surface area contributed by atoms with Gasteiger partial charge >= 0.3 is 0 Å². The smallest absolute Gasteiger partial charge is 0.238 e. The van der Waals surface area contributed by atoms with Crippen LogP contribution in [0.5, 0.6) is 0 Å². The Kier molecular flexibility index (Phi) is 3.17. The van der Waals surface area contributed by atoms with Gasteiger partial charge in [0.05, 0.1) is 0 Å². The van der Waals surface area contributed by atoms with Crippen molar-refractivity contribution in [1.82, 2.24) is 15.5 Å². The molecule has 2 aromatic rings. The molecule has 6 heteroatoms. The van der Waals surface area contributed by atoms with Crippen molar-refractivity contribution < 1.29 is 8.94 Å². The van der Waals surface area contributed by atoms with E-state index in [9.17, 15) is 0 Å². The standard InChI is InChI=1S/C9H10BrN3O2/c1-11-5-4-8-12-9(13-15-8)6-2-3-7(10)14-6/h2-3,11H,4-5H2,1H3. The van der Waals surface area contributed by atoms with Crippen LogP contribution in [-0.4, -0.2) is 23.7 Å². The van der Waals surface area contributed by atoms with Gasteiger partial charge in [0.15, 0.2) is 10.4 Å². The fraction of sp³-hybridized carbons (Fsp3) is 0.333. The Labute approximate surface area is 95.0 Å². The van der Waals surface area contributed by atoms with Gasteiger partial charge in [0.2, 0.25) is 11.7 Å². The number of hydrogen-bond acceptors (Lipinski definition) is 5. The average Bonchev–Trinajstić information content (AvgIpc) is 2.83. The van der Waals surface area contributed by atoms with E-state index in [-0.39, 0.29) is 0 Å². The number of likely N-dealkylation sites (N-methyl/N-ethyl adjacent to an activating group) is 1. The highest BCUT2D eigenvalue weighted by Gasteiger charge is 2.11. The Bertz CT molecular complexity index is 438. The lowest BCUT2D eigenvalue weighted by atomic mass is 10.4. The molecule has 0 atom stereocenters. The van der Waals surface area contributed by atoms with Crippen LogP contribution in [0.1, 0.15) is 5.89 Å². The maximum Gasteiger partial charge on any atom is 0.238 e. The molecule has 0 aliphatic carbocycles. The molecule has 0 fully saturated rings. The minimum atomic E-state index is 0.479. The fourth-order valence-corrected chi connectivity index (χ4v) is 1.43. The molecular weight excluding hydrogens is 262 g/mol. The Balaban J connectivity index is 2.13. The summed E-state index contributed by atoms with van der Waals surface area (Å²) < 4.78 is 11.0. The summed E-state index contributed by atoms with van der Waals surface area (Å²) in [4.78, 5) is 4.20. The summed E-state index contributed by atoms with van der Waals surface area (Å²) in [7, 11) is 1.88. The fourth-order valence-electron chi connectivity index (χ4n) is 1.12. The van der Waals surface area contributed by atoms with Crippen molar-refractivity contribution in [2.75, 3.05) is 13.6 Å². The Morgan fingerprint density at radius 2 is 2.33 bits per heavy atom. The molecule has 0 aromatic carbocycles. The summed E-state index contributed by atoms with van der Waals surface area (Å²) in [6.45, 7) is 0.809. The van der Waals surface area contributed by atoms with Crippen LogP contribution in [0.15, 0.2) is 25.7 Å². The van der Waals surface area contributed by atoms with Gasteiger partial charge in [0.1, 0.15) is 0 Å². The quantitative estimate of drug-likeness (QED) is 0.920. The van der Waals surface area contributed by atoms with Gasteiger partial charge < -0.3 is 14.3 Å². The second kappa shape index (κ2) is 4.59. The van der Waals surface area contributed by atoms with Gasteiger partial charge in [-0.2, -0.15) is 4.98 Å². The summed E-state index contributed by atoms with van der Waals surface area (Å²) in [5.74, 6) is 1.68. The maximum atomic E-state index is 5.30. The zero-order valence-electron chi connectivity index (χ0n) is 8.16. The van der Waals surface area contributed by atoms with Crippen molar-refractivity contribution in [3.05, 3.63) is 22.7 Å². The predicted molar refractivity (Wildman–Crippen MR) is 57.3 cm³/mol. The highest BCUT2D eigenvalue weighted by atomic mass is 79.9. The van der Waals surface area contributed by atoms with Crippen molar-refractivity contribution >= 4 is 15.9 Å². The molecule has 5 nitrogen and oxygen atoms in total. The molecule has 0 bridgehead atoms. The first-order valence-electron chi connectivity index (χ1n) is 4.52. The lowest BCUT2D eigenvalue weighted by Gasteiger charge is -1.90. The lowest BCUT2D eigenvalue weighted by Crippen LogP contribution is -2.10. The van der Waals surface area contributed by atoms with Crippen molar-refractivity contribution in [2.45, 2.75) is 6.42 Å². The second-order valence-electron chi connectivity index (χ2n) is 2.97. The summed E-state index contributed by atoms with van der Waals surface area (Å²) in [6.07, 6.45) is 0.714. The number of aromatic nitrogens is 2. The van der Waals surface area contributed by atoms with E-state index in [4.69, 9.17) is 8.94 Å². The molecule has 0 radical (unpaired) electrons. The third-order valence-electron chi connectivity index (χ3n) is 1.85. The molecule has 80 valence electrons. The van der Waals surface area contributed by atoms with Crippen LogP contribution in [0.3, 0.4) is 0 Å². The van der Waals surface area contributed by atoms with Crippen LogP contribution >= 0.6 is 15.9 Å². The summed E-state index contributed by atoms with van der Waals surface area (Å²) in [6, 6.07) is 3.58. The minimum Gasteiger partial charge on any atom is -0.446 e. The molecule has 0 unspecified atom stereocenters. The molecule has 1 N–H and O–H groups in total. The maximum absolute atomic E-state index is 5.30. The molecule has 2 heterocycles. The molecule has 0 spiro atoms.